The first-order valence-corrected chi connectivity index (χ1v) is 11.4. The number of carbonyl (C=O) groups is 1. The van der Waals surface area contributed by atoms with Crippen molar-refractivity contribution in [3.8, 4) is 17.3 Å². The molecule has 1 saturated carbocycles. The number of rotatable bonds is 5. The monoisotopic (exact) mass is 447 g/mol. The highest BCUT2D eigenvalue weighted by atomic mass is 16.5. The SMILES string of the molecule is C[C@H]1CN(c2nccc3oc(-c4cnc5ccc(OC[C@@H]6CCC(=O)C6)nn45)cc23)CCO1. The Bertz CT molecular complexity index is 1330. The molecule has 0 bridgehead atoms. The second-order valence-corrected chi connectivity index (χ2v) is 8.83. The van der Waals surface area contributed by atoms with Crippen molar-refractivity contribution in [1.82, 2.24) is 19.6 Å². The third-order valence-corrected chi connectivity index (χ3v) is 6.37. The van der Waals surface area contributed by atoms with Crippen LogP contribution in [-0.2, 0) is 9.53 Å². The van der Waals surface area contributed by atoms with Crippen LogP contribution in [0.4, 0.5) is 5.82 Å². The summed E-state index contributed by atoms with van der Waals surface area (Å²) in [5.74, 6) is 2.64. The summed E-state index contributed by atoms with van der Waals surface area (Å²) in [4.78, 5) is 22.9. The van der Waals surface area contributed by atoms with E-state index in [1.54, 1.807) is 16.9 Å². The van der Waals surface area contributed by atoms with Gasteiger partial charge in [-0.2, -0.15) is 0 Å². The molecule has 2 aliphatic rings. The number of hydrogen-bond acceptors (Lipinski definition) is 8. The van der Waals surface area contributed by atoms with Gasteiger partial charge in [-0.15, -0.1) is 5.10 Å². The smallest absolute Gasteiger partial charge is 0.231 e. The zero-order valence-corrected chi connectivity index (χ0v) is 18.4. The van der Waals surface area contributed by atoms with Crippen molar-refractivity contribution >= 4 is 28.2 Å². The lowest BCUT2D eigenvalue weighted by Gasteiger charge is -2.32. The molecule has 4 aromatic heterocycles. The van der Waals surface area contributed by atoms with Crippen LogP contribution in [0.25, 0.3) is 28.1 Å². The van der Waals surface area contributed by atoms with Crippen LogP contribution in [0.2, 0.25) is 0 Å². The predicted molar refractivity (Wildman–Crippen MR) is 121 cm³/mol. The first kappa shape index (κ1) is 20.2. The summed E-state index contributed by atoms with van der Waals surface area (Å²) in [6.07, 6.45) is 5.81. The van der Waals surface area contributed by atoms with Crippen LogP contribution in [-0.4, -0.2) is 57.8 Å². The number of carbonyl (C=O) groups excluding carboxylic acids is 1. The van der Waals surface area contributed by atoms with Crippen LogP contribution in [0.15, 0.2) is 41.1 Å². The Morgan fingerprint density at radius 1 is 1.24 bits per heavy atom. The molecule has 0 spiro atoms. The Morgan fingerprint density at radius 3 is 3.03 bits per heavy atom. The number of Topliss-reactive ketones (excluding diaryl/α,β-unsaturated/α-hetero) is 1. The van der Waals surface area contributed by atoms with Crippen LogP contribution < -0.4 is 9.64 Å². The molecule has 6 rings (SSSR count). The third kappa shape index (κ3) is 3.82. The maximum atomic E-state index is 11.5. The van der Waals surface area contributed by atoms with Crippen molar-refractivity contribution < 1.29 is 18.7 Å². The summed E-state index contributed by atoms with van der Waals surface area (Å²) in [6, 6.07) is 7.56. The number of aromatic nitrogens is 4. The number of ether oxygens (including phenoxy) is 2. The fraction of sp³-hybridized carbons (Fsp3) is 0.417. The number of anilines is 1. The van der Waals surface area contributed by atoms with Crippen LogP contribution in [0.1, 0.15) is 26.2 Å². The summed E-state index contributed by atoms with van der Waals surface area (Å²) < 4.78 is 19.5. The second kappa shape index (κ2) is 8.15. The van der Waals surface area contributed by atoms with E-state index in [9.17, 15) is 4.79 Å². The number of imidazole rings is 1. The molecule has 9 nitrogen and oxygen atoms in total. The number of fused-ring (bicyclic) bond motifs is 2. The lowest BCUT2D eigenvalue weighted by Crippen LogP contribution is -2.41. The molecule has 0 unspecified atom stereocenters. The molecule has 2 fully saturated rings. The van der Waals surface area contributed by atoms with Gasteiger partial charge in [0.05, 0.1) is 30.9 Å². The van der Waals surface area contributed by atoms with E-state index in [0.29, 0.717) is 49.1 Å². The molecule has 0 aromatic carbocycles. The molecule has 1 aliphatic heterocycles. The molecule has 0 N–H and O–H groups in total. The minimum atomic E-state index is 0.158. The third-order valence-electron chi connectivity index (χ3n) is 6.37. The predicted octanol–water partition coefficient (Wildman–Crippen LogP) is 3.51. The van der Waals surface area contributed by atoms with Gasteiger partial charge in [-0.1, -0.05) is 0 Å². The topological polar surface area (TPSA) is 95.0 Å². The van der Waals surface area contributed by atoms with E-state index in [4.69, 9.17) is 13.9 Å². The van der Waals surface area contributed by atoms with Crippen molar-refractivity contribution in [3.63, 3.8) is 0 Å². The Balaban J connectivity index is 1.31. The van der Waals surface area contributed by atoms with E-state index in [1.165, 1.54) is 0 Å². The largest absolute Gasteiger partial charge is 0.476 e. The standard InChI is InChI=1S/C24H25N5O4/c1-15-13-28(8-9-31-15)24-18-11-21(33-20(18)6-7-25-24)19-12-26-22-4-5-23(27-29(19)22)32-14-16-2-3-17(30)10-16/h4-7,11-12,15-16H,2-3,8-10,13-14H2,1H3/t15-,16+/m0/s1. The zero-order valence-electron chi connectivity index (χ0n) is 18.4. The van der Waals surface area contributed by atoms with Gasteiger partial charge in [0.2, 0.25) is 5.88 Å². The number of ketones is 1. The lowest BCUT2D eigenvalue weighted by molar-refractivity contribution is -0.117. The van der Waals surface area contributed by atoms with Crippen molar-refractivity contribution in [1.29, 1.82) is 0 Å². The fourth-order valence-electron chi connectivity index (χ4n) is 4.68. The van der Waals surface area contributed by atoms with Gasteiger partial charge in [0.25, 0.3) is 0 Å². The first-order valence-electron chi connectivity index (χ1n) is 11.4. The summed E-state index contributed by atoms with van der Waals surface area (Å²) in [6.45, 7) is 4.82. The number of nitrogens with zero attached hydrogens (tertiary/aromatic N) is 5. The van der Waals surface area contributed by atoms with Crippen molar-refractivity contribution in [2.24, 2.45) is 5.92 Å². The molecule has 5 heterocycles. The van der Waals surface area contributed by atoms with Gasteiger partial charge in [0, 0.05) is 44.1 Å². The summed E-state index contributed by atoms with van der Waals surface area (Å²) >= 11 is 0. The van der Waals surface area contributed by atoms with E-state index < -0.39 is 0 Å². The minimum absolute atomic E-state index is 0.158. The first-order chi connectivity index (χ1) is 16.1. The molecule has 170 valence electrons. The van der Waals surface area contributed by atoms with Crippen molar-refractivity contribution in [2.75, 3.05) is 31.2 Å². The Hall–Kier alpha value is -3.46. The van der Waals surface area contributed by atoms with Gasteiger partial charge >= 0.3 is 0 Å². The van der Waals surface area contributed by atoms with Crippen molar-refractivity contribution in [3.05, 3.63) is 36.7 Å². The molecule has 9 heteroatoms. The summed E-state index contributed by atoms with van der Waals surface area (Å²) in [5, 5.41) is 5.58. The molecule has 33 heavy (non-hydrogen) atoms. The molecule has 2 atom stereocenters. The van der Waals surface area contributed by atoms with E-state index in [2.05, 4.69) is 26.9 Å². The quantitative estimate of drug-likeness (QED) is 0.459. The fourth-order valence-corrected chi connectivity index (χ4v) is 4.68. The normalized spacial score (nSPS) is 21.4. The Kier molecular flexibility index (Phi) is 4.98. The van der Waals surface area contributed by atoms with E-state index >= 15 is 0 Å². The van der Waals surface area contributed by atoms with Gasteiger partial charge < -0.3 is 18.8 Å². The molecule has 1 aliphatic carbocycles. The van der Waals surface area contributed by atoms with E-state index in [-0.39, 0.29) is 12.0 Å². The number of furan rings is 1. The number of morpholine rings is 1. The maximum Gasteiger partial charge on any atom is 0.231 e. The van der Waals surface area contributed by atoms with Gasteiger partial charge in [-0.05, 0) is 31.5 Å². The highest BCUT2D eigenvalue weighted by Gasteiger charge is 2.24. The van der Waals surface area contributed by atoms with Crippen LogP contribution in [0.5, 0.6) is 5.88 Å². The van der Waals surface area contributed by atoms with Crippen LogP contribution >= 0.6 is 0 Å². The number of hydrogen-bond donors (Lipinski definition) is 0. The van der Waals surface area contributed by atoms with Crippen LogP contribution in [0.3, 0.4) is 0 Å². The molecule has 4 aromatic rings. The Morgan fingerprint density at radius 2 is 2.18 bits per heavy atom. The summed E-state index contributed by atoms with van der Waals surface area (Å²) in [7, 11) is 0. The van der Waals surface area contributed by atoms with Gasteiger partial charge in [0.1, 0.15) is 22.9 Å². The highest BCUT2D eigenvalue weighted by molar-refractivity contribution is 5.92. The minimum Gasteiger partial charge on any atom is -0.476 e. The molecule has 0 radical (unpaired) electrons. The highest BCUT2D eigenvalue weighted by Crippen LogP contribution is 2.33. The Labute approximate surface area is 190 Å². The van der Waals surface area contributed by atoms with Crippen LogP contribution in [0, 0.1) is 5.92 Å². The van der Waals surface area contributed by atoms with E-state index in [0.717, 1.165) is 42.0 Å². The van der Waals surface area contributed by atoms with E-state index in [1.807, 2.05) is 24.3 Å². The molecular weight excluding hydrogens is 422 g/mol. The van der Waals surface area contributed by atoms with Gasteiger partial charge in [-0.3, -0.25) is 4.79 Å². The summed E-state index contributed by atoms with van der Waals surface area (Å²) in [5.41, 5.74) is 2.21. The molecule has 0 amide bonds. The van der Waals surface area contributed by atoms with Gasteiger partial charge in [0.15, 0.2) is 11.4 Å². The molecule has 1 saturated heterocycles. The lowest BCUT2D eigenvalue weighted by atomic mass is 10.1. The number of pyridine rings is 1. The van der Waals surface area contributed by atoms with Crippen molar-refractivity contribution in [2.45, 2.75) is 32.3 Å². The second-order valence-electron chi connectivity index (χ2n) is 8.83. The average Bonchev–Trinajstić information content (AvgIpc) is 3.54. The zero-order chi connectivity index (χ0) is 22.4. The molecular formula is C24H25N5O4. The van der Waals surface area contributed by atoms with Gasteiger partial charge in [-0.25, -0.2) is 14.5 Å². The maximum absolute atomic E-state index is 11.5. The average molecular weight is 447 g/mol.